The third-order valence-electron chi connectivity index (χ3n) is 7.77. The SMILES string of the molecule is Fc1cc(-c2ccc3c(c2)CCc2[nH]c([C@@H]4CCCN4)nc2-3)ccc1-c1cnc([C@@H]2CCCN2)[nH]1. The average Bonchev–Trinajstić information content (AvgIpc) is 3.69. The van der Waals surface area contributed by atoms with Gasteiger partial charge < -0.3 is 20.6 Å². The van der Waals surface area contributed by atoms with Crippen molar-refractivity contribution in [2.24, 2.45) is 0 Å². The smallest absolute Gasteiger partial charge is 0.133 e. The van der Waals surface area contributed by atoms with Crippen molar-refractivity contribution in [3.05, 3.63) is 71.3 Å². The van der Waals surface area contributed by atoms with Gasteiger partial charge in [-0.15, -0.1) is 0 Å². The van der Waals surface area contributed by atoms with E-state index in [1.165, 1.54) is 23.2 Å². The summed E-state index contributed by atoms with van der Waals surface area (Å²) in [5, 5.41) is 6.97. The third-order valence-corrected chi connectivity index (χ3v) is 7.77. The summed E-state index contributed by atoms with van der Waals surface area (Å²) in [4.78, 5) is 16.4. The molecule has 6 nitrogen and oxygen atoms in total. The Labute approximate surface area is 203 Å². The molecule has 2 aromatic heterocycles. The highest BCUT2D eigenvalue weighted by molar-refractivity contribution is 5.76. The second-order valence-corrected chi connectivity index (χ2v) is 10.00. The Bertz CT molecular complexity index is 1390. The number of nitrogens with one attached hydrogen (secondary N) is 4. The van der Waals surface area contributed by atoms with E-state index < -0.39 is 0 Å². The van der Waals surface area contributed by atoms with Crippen molar-refractivity contribution in [2.45, 2.75) is 50.6 Å². The highest BCUT2D eigenvalue weighted by Crippen LogP contribution is 2.37. The molecule has 7 rings (SSSR count). The second kappa shape index (κ2) is 8.43. The zero-order chi connectivity index (χ0) is 23.4. The summed E-state index contributed by atoms with van der Waals surface area (Å²) in [7, 11) is 0. The maximum atomic E-state index is 15.2. The number of hydrogen-bond donors (Lipinski definition) is 4. The highest BCUT2D eigenvalue weighted by atomic mass is 19.1. The molecule has 1 aliphatic carbocycles. The summed E-state index contributed by atoms with van der Waals surface area (Å²) in [6, 6.07) is 12.5. The molecule has 2 atom stereocenters. The largest absolute Gasteiger partial charge is 0.344 e. The first-order chi connectivity index (χ1) is 17.2. The Morgan fingerprint density at radius 2 is 1.54 bits per heavy atom. The molecular formula is C28H29FN6. The molecule has 0 radical (unpaired) electrons. The first-order valence-electron chi connectivity index (χ1n) is 12.8. The lowest BCUT2D eigenvalue weighted by Crippen LogP contribution is -2.14. The quantitative estimate of drug-likeness (QED) is 0.331. The monoisotopic (exact) mass is 468 g/mol. The van der Waals surface area contributed by atoms with Crippen molar-refractivity contribution >= 4 is 0 Å². The van der Waals surface area contributed by atoms with Gasteiger partial charge >= 0.3 is 0 Å². The number of aromatic amines is 2. The lowest BCUT2D eigenvalue weighted by molar-refractivity contribution is 0.611. The van der Waals surface area contributed by atoms with Gasteiger partial charge in [-0.1, -0.05) is 24.3 Å². The fourth-order valence-electron chi connectivity index (χ4n) is 5.87. The van der Waals surface area contributed by atoms with E-state index in [0.717, 1.165) is 79.4 Å². The maximum Gasteiger partial charge on any atom is 0.133 e. The molecule has 0 bridgehead atoms. The zero-order valence-corrected chi connectivity index (χ0v) is 19.6. The van der Waals surface area contributed by atoms with Gasteiger partial charge in [-0.05, 0) is 80.4 Å². The normalized spacial score (nSPS) is 21.3. The van der Waals surface area contributed by atoms with Crippen molar-refractivity contribution in [3.63, 3.8) is 0 Å². The van der Waals surface area contributed by atoms with Crippen molar-refractivity contribution in [1.82, 2.24) is 30.6 Å². The van der Waals surface area contributed by atoms with E-state index in [9.17, 15) is 0 Å². The molecular weight excluding hydrogens is 439 g/mol. The Hall–Kier alpha value is -3.29. The van der Waals surface area contributed by atoms with Crippen LogP contribution in [0.25, 0.3) is 33.6 Å². The van der Waals surface area contributed by atoms with Gasteiger partial charge in [0.05, 0.1) is 29.7 Å². The summed E-state index contributed by atoms with van der Waals surface area (Å²) < 4.78 is 15.2. The van der Waals surface area contributed by atoms with E-state index in [1.807, 2.05) is 12.1 Å². The van der Waals surface area contributed by atoms with Gasteiger partial charge in [0.25, 0.3) is 0 Å². The standard InChI is InChI=1S/C28H29FN6/c29-21-14-17(6-9-20(21)25-15-32-27(34-25)23-3-1-11-30-23)16-5-8-19-18(13-16)7-10-22-26(19)35-28(33-22)24-4-2-12-31-24/h5-6,8-9,13-15,23-24,30-31H,1-4,7,10-12H2,(H,32,34)(H,33,35)/t23-,24-/m0/s1. The Morgan fingerprint density at radius 1 is 0.800 bits per heavy atom. The van der Waals surface area contributed by atoms with Gasteiger partial charge in [-0.3, -0.25) is 0 Å². The third kappa shape index (κ3) is 3.70. The molecule has 3 aliphatic rings. The molecule has 4 heterocycles. The number of fused-ring (bicyclic) bond motifs is 3. The van der Waals surface area contributed by atoms with Crippen molar-refractivity contribution in [1.29, 1.82) is 0 Å². The Balaban J connectivity index is 1.16. The molecule has 0 amide bonds. The molecule has 2 aliphatic heterocycles. The van der Waals surface area contributed by atoms with E-state index in [1.54, 1.807) is 12.3 Å². The van der Waals surface area contributed by atoms with E-state index in [4.69, 9.17) is 4.98 Å². The number of rotatable bonds is 4. The van der Waals surface area contributed by atoms with Crippen molar-refractivity contribution in [3.8, 4) is 33.6 Å². The summed E-state index contributed by atoms with van der Waals surface area (Å²) in [5.41, 5.74) is 7.98. The van der Waals surface area contributed by atoms with Crippen LogP contribution in [0.1, 0.15) is 60.7 Å². The van der Waals surface area contributed by atoms with Crippen LogP contribution in [0, 0.1) is 5.82 Å². The topological polar surface area (TPSA) is 81.4 Å². The molecule has 35 heavy (non-hydrogen) atoms. The molecule has 178 valence electrons. The van der Waals surface area contributed by atoms with Gasteiger partial charge in [0.2, 0.25) is 0 Å². The summed E-state index contributed by atoms with van der Waals surface area (Å²) in [5.74, 6) is 1.71. The van der Waals surface area contributed by atoms with E-state index in [0.29, 0.717) is 11.6 Å². The van der Waals surface area contributed by atoms with E-state index in [-0.39, 0.29) is 11.9 Å². The second-order valence-electron chi connectivity index (χ2n) is 10.00. The minimum absolute atomic E-state index is 0.238. The fraction of sp³-hybridized carbons (Fsp3) is 0.357. The van der Waals surface area contributed by atoms with Crippen LogP contribution in [0.4, 0.5) is 4.39 Å². The van der Waals surface area contributed by atoms with E-state index >= 15 is 4.39 Å². The highest BCUT2D eigenvalue weighted by Gasteiger charge is 2.26. The predicted octanol–water partition coefficient (Wildman–Crippen LogP) is 5.22. The van der Waals surface area contributed by atoms with Gasteiger partial charge in [0, 0.05) is 16.8 Å². The fourth-order valence-corrected chi connectivity index (χ4v) is 5.87. The van der Waals surface area contributed by atoms with Crippen molar-refractivity contribution in [2.75, 3.05) is 13.1 Å². The number of aromatic nitrogens is 4. The number of hydrogen-bond acceptors (Lipinski definition) is 4. The molecule has 7 heteroatoms. The van der Waals surface area contributed by atoms with Crippen LogP contribution < -0.4 is 10.6 Å². The summed E-state index contributed by atoms with van der Waals surface area (Å²) in [6.07, 6.45) is 8.19. The minimum atomic E-state index is -0.238. The number of aryl methyl sites for hydroxylation is 2. The molecule has 2 fully saturated rings. The molecule has 0 spiro atoms. The first-order valence-corrected chi connectivity index (χ1v) is 12.8. The molecule has 0 saturated carbocycles. The minimum Gasteiger partial charge on any atom is -0.344 e. The summed E-state index contributed by atoms with van der Waals surface area (Å²) >= 11 is 0. The lowest BCUT2D eigenvalue weighted by atomic mass is 9.89. The van der Waals surface area contributed by atoms with Gasteiger partial charge in [-0.2, -0.15) is 0 Å². The molecule has 2 aromatic carbocycles. The molecule has 2 saturated heterocycles. The van der Waals surface area contributed by atoms with Crippen molar-refractivity contribution < 1.29 is 4.39 Å². The molecule has 4 aromatic rings. The van der Waals surface area contributed by atoms with Crippen LogP contribution in [0.15, 0.2) is 42.6 Å². The number of H-pyrrole nitrogens is 2. The number of benzene rings is 2. The average molecular weight is 469 g/mol. The van der Waals surface area contributed by atoms with Gasteiger partial charge in [0.15, 0.2) is 0 Å². The number of halogens is 1. The predicted molar refractivity (Wildman–Crippen MR) is 134 cm³/mol. The Kier molecular flexibility index (Phi) is 5.06. The number of imidazole rings is 2. The van der Waals surface area contributed by atoms with Crippen LogP contribution >= 0.6 is 0 Å². The van der Waals surface area contributed by atoms with Gasteiger partial charge in [0.1, 0.15) is 17.5 Å². The molecule has 0 unspecified atom stereocenters. The van der Waals surface area contributed by atoms with Crippen LogP contribution in [0.5, 0.6) is 0 Å². The van der Waals surface area contributed by atoms with E-state index in [2.05, 4.69) is 43.8 Å². The molecule has 4 N–H and O–H groups in total. The van der Waals surface area contributed by atoms with Gasteiger partial charge in [-0.25, -0.2) is 14.4 Å². The first kappa shape index (κ1) is 21.0. The number of nitrogens with zero attached hydrogens (tertiary/aromatic N) is 2. The lowest BCUT2D eigenvalue weighted by Gasteiger charge is -2.16. The Morgan fingerprint density at radius 3 is 2.29 bits per heavy atom. The van der Waals surface area contributed by atoms with Crippen LogP contribution in [0.2, 0.25) is 0 Å². The van der Waals surface area contributed by atoms with Crippen LogP contribution in [-0.2, 0) is 12.8 Å². The van der Waals surface area contributed by atoms with Crippen LogP contribution in [-0.4, -0.2) is 33.0 Å². The zero-order valence-electron chi connectivity index (χ0n) is 19.6. The maximum absolute atomic E-state index is 15.2. The van der Waals surface area contributed by atoms with Crippen LogP contribution in [0.3, 0.4) is 0 Å². The summed E-state index contributed by atoms with van der Waals surface area (Å²) in [6.45, 7) is 2.06.